The Morgan fingerprint density at radius 1 is 1.35 bits per heavy atom. The number of amides is 1. The number of nitrogen functional groups attached to an aromatic ring is 1. The third-order valence-corrected chi connectivity index (χ3v) is 5.27. The van der Waals surface area contributed by atoms with E-state index in [0.29, 0.717) is 12.6 Å². The molecule has 1 aliphatic rings. The number of carbonyl (C=O) groups excluding carboxylic acids is 1. The number of benzene rings is 1. The summed E-state index contributed by atoms with van der Waals surface area (Å²) in [5, 5.41) is 2.74. The van der Waals surface area contributed by atoms with Crippen LogP contribution in [0.3, 0.4) is 0 Å². The van der Waals surface area contributed by atoms with Gasteiger partial charge >= 0.3 is 0 Å². The van der Waals surface area contributed by atoms with Crippen LogP contribution in [0.2, 0.25) is 0 Å². The molecule has 1 aliphatic carbocycles. The zero-order valence-corrected chi connectivity index (χ0v) is 12.2. The minimum atomic E-state index is -0.890. The van der Waals surface area contributed by atoms with Gasteiger partial charge in [-0.15, -0.1) is 0 Å². The number of nitrogens with two attached hydrogens (primary N) is 1. The SMILES string of the molecule is CSC1(CNC(=O)c2cc(N)c(F)cc2F)CCCC1. The maximum Gasteiger partial charge on any atom is 0.254 e. The molecule has 6 heteroatoms. The summed E-state index contributed by atoms with van der Waals surface area (Å²) >= 11 is 1.73. The lowest BCUT2D eigenvalue weighted by Gasteiger charge is -2.26. The number of carbonyl (C=O) groups is 1. The molecule has 0 saturated heterocycles. The van der Waals surface area contributed by atoms with Gasteiger partial charge in [-0.1, -0.05) is 12.8 Å². The lowest BCUT2D eigenvalue weighted by Crippen LogP contribution is -2.38. The van der Waals surface area contributed by atoms with Crippen molar-refractivity contribution in [2.24, 2.45) is 0 Å². The van der Waals surface area contributed by atoms with Gasteiger partial charge in [0.15, 0.2) is 0 Å². The summed E-state index contributed by atoms with van der Waals surface area (Å²) in [4.78, 5) is 12.0. The molecule has 3 N–H and O–H groups in total. The van der Waals surface area contributed by atoms with Gasteiger partial charge in [0.1, 0.15) is 11.6 Å². The van der Waals surface area contributed by atoms with Crippen LogP contribution in [0.25, 0.3) is 0 Å². The van der Waals surface area contributed by atoms with Crippen LogP contribution in [0.5, 0.6) is 0 Å². The van der Waals surface area contributed by atoms with Crippen LogP contribution in [0.15, 0.2) is 12.1 Å². The first-order valence-corrected chi connectivity index (χ1v) is 7.78. The molecule has 1 amide bonds. The topological polar surface area (TPSA) is 55.1 Å². The summed E-state index contributed by atoms with van der Waals surface area (Å²) in [7, 11) is 0. The van der Waals surface area contributed by atoms with E-state index in [0.717, 1.165) is 31.7 Å². The van der Waals surface area contributed by atoms with Crippen LogP contribution in [0, 0.1) is 11.6 Å². The molecule has 0 unspecified atom stereocenters. The Morgan fingerprint density at radius 3 is 2.60 bits per heavy atom. The van der Waals surface area contributed by atoms with E-state index in [1.54, 1.807) is 11.8 Å². The number of thioether (sulfide) groups is 1. The maximum absolute atomic E-state index is 13.6. The van der Waals surface area contributed by atoms with Crippen molar-refractivity contribution in [1.29, 1.82) is 0 Å². The average Bonchev–Trinajstić information content (AvgIpc) is 2.90. The third-order valence-electron chi connectivity index (χ3n) is 3.85. The van der Waals surface area contributed by atoms with Gasteiger partial charge in [-0.2, -0.15) is 11.8 Å². The molecule has 110 valence electrons. The monoisotopic (exact) mass is 300 g/mol. The van der Waals surface area contributed by atoms with Crippen molar-refractivity contribution in [2.45, 2.75) is 30.4 Å². The second-order valence-corrected chi connectivity index (χ2v) is 6.40. The molecule has 0 spiro atoms. The van der Waals surface area contributed by atoms with Gasteiger partial charge in [0.25, 0.3) is 5.91 Å². The lowest BCUT2D eigenvalue weighted by atomic mass is 10.1. The molecular formula is C14H18F2N2OS. The fourth-order valence-corrected chi connectivity index (χ4v) is 3.46. The second-order valence-electron chi connectivity index (χ2n) is 5.13. The highest BCUT2D eigenvalue weighted by Gasteiger charge is 2.33. The minimum absolute atomic E-state index is 0.0394. The van der Waals surface area contributed by atoms with E-state index < -0.39 is 17.5 Å². The van der Waals surface area contributed by atoms with E-state index in [2.05, 4.69) is 5.32 Å². The molecule has 0 atom stereocenters. The fourth-order valence-electron chi connectivity index (χ4n) is 2.55. The van der Waals surface area contributed by atoms with E-state index >= 15 is 0 Å². The van der Waals surface area contributed by atoms with Crippen LogP contribution in [0.1, 0.15) is 36.0 Å². The largest absolute Gasteiger partial charge is 0.396 e. The highest BCUT2D eigenvalue weighted by atomic mass is 32.2. The molecule has 1 saturated carbocycles. The van der Waals surface area contributed by atoms with Crippen molar-refractivity contribution in [3.8, 4) is 0 Å². The molecule has 0 aromatic heterocycles. The normalized spacial score (nSPS) is 17.1. The average molecular weight is 300 g/mol. The van der Waals surface area contributed by atoms with Crippen molar-refractivity contribution in [1.82, 2.24) is 5.32 Å². The van der Waals surface area contributed by atoms with E-state index in [1.807, 2.05) is 6.26 Å². The highest BCUT2D eigenvalue weighted by Crippen LogP contribution is 2.39. The Kier molecular flexibility index (Phi) is 4.52. The van der Waals surface area contributed by atoms with Gasteiger partial charge < -0.3 is 11.1 Å². The van der Waals surface area contributed by atoms with E-state index in [1.165, 1.54) is 0 Å². The Bertz CT molecular complexity index is 516. The van der Waals surface area contributed by atoms with Crippen molar-refractivity contribution in [2.75, 3.05) is 18.5 Å². The summed E-state index contributed by atoms with van der Waals surface area (Å²) in [5.41, 5.74) is 4.94. The van der Waals surface area contributed by atoms with Crippen molar-refractivity contribution in [3.05, 3.63) is 29.3 Å². The molecule has 1 fully saturated rings. The van der Waals surface area contributed by atoms with Crippen LogP contribution in [-0.4, -0.2) is 23.5 Å². The maximum atomic E-state index is 13.6. The summed E-state index contributed by atoms with van der Waals surface area (Å²) in [6.07, 6.45) is 6.40. The molecule has 0 heterocycles. The number of hydrogen-bond donors (Lipinski definition) is 2. The Hall–Kier alpha value is -1.30. The highest BCUT2D eigenvalue weighted by molar-refractivity contribution is 8.00. The molecule has 20 heavy (non-hydrogen) atoms. The van der Waals surface area contributed by atoms with Gasteiger partial charge in [0.2, 0.25) is 0 Å². The first-order valence-electron chi connectivity index (χ1n) is 6.55. The molecular weight excluding hydrogens is 282 g/mol. The molecule has 0 bridgehead atoms. The van der Waals surface area contributed by atoms with Gasteiger partial charge in [-0.25, -0.2) is 8.78 Å². The van der Waals surface area contributed by atoms with Crippen molar-refractivity contribution in [3.63, 3.8) is 0 Å². The lowest BCUT2D eigenvalue weighted by molar-refractivity contribution is 0.0945. The number of nitrogens with one attached hydrogen (secondary N) is 1. The Labute approximate surface area is 121 Å². The van der Waals surface area contributed by atoms with Gasteiger partial charge in [-0.05, 0) is 25.2 Å². The van der Waals surface area contributed by atoms with Crippen LogP contribution < -0.4 is 11.1 Å². The second kappa shape index (κ2) is 5.99. The smallest absolute Gasteiger partial charge is 0.254 e. The third kappa shape index (κ3) is 3.06. The van der Waals surface area contributed by atoms with Gasteiger partial charge in [0, 0.05) is 17.4 Å². The first kappa shape index (κ1) is 15.1. The molecule has 1 aromatic carbocycles. The molecule has 1 aromatic rings. The minimum Gasteiger partial charge on any atom is -0.396 e. The Balaban J connectivity index is 2.07. The quantitative estimate of drug-likeness (QED) is 0.841. The van der Waals surface area contributed by atoms with E-state index in [9.17, 15) is 13.6 Å². The summed E-state index contributed by atoms with van der Waals surface area (Å²) in [6, 6.07) is 1.69. The summed E-state index contributed by atoms with van der Waals surface area (Å²) in [5.74, 6) is -2.29. The zero-order valence-electron chi connectivity index (χ0n) is 11.3. The van der Waals surface area contributed by atoms with Crippen molar-refractivity contribution >= 4 is 23.4 Å². The van der Waals surface area contributed by atoms with E-state index in [4.69, 9.17) is 5.73 Å². The van der Waals surface area contributed by atoms with Crippen LogP contribution >= 0.6 is 11.8 Å². The summed E-state index contributed by atoms with van der Waals surface area (Å²) < 4.78 is 26.7. The van der Waals surface area contributed by atoms with Crippen LogP contribution in [-0.2, 0) is 0 Å². The summed E-state index contributed by atoms with van der Waals surface area (Å²) in [6.45, 7) is 0.490. The van der Waals surface area contributed by atoms with Gasteiger partial charge in [0.05, 0.1) is 11.3 Å². The number of anilines is 1. The van der Waals surface area contributed by atoms with Crippen LogP contribution in [0.4, 0.5) is 14.5 Å². The standard InChI is InChI=1S/C14H18F2N2OS/c1-20-14(4-2-3-5-14)8-18-13(19)9-6-12(17)11(16)7-10(9)15/h6-7H,2-5,8,17H2,1H3,(H,18,19). The van der Waals surface area contributed by atoms with E-state index in [-0.39, 0.29) is 16.0 Å². The predicted molar refractivity (Wildman–Crippen MR) is 77.8 cm³/mol. The molecule has 0 aliphatic heterocycles. The zero-order chi connectivity index (χ0) is 14.8. The number of halogens is 2. The first-order chi connectivity index (χ1) is 9.47. The molecule has 3 nitrogen and oxygen atoms in total. The number of hydrogen-bond acceptors (Lipinski definition) is 3. The fraction of sp³-hybridized carbons (Fsp3) is 0.500. The van der Waals surface area contributed by atoms with Gasteiger partial charge in [-0.3, -0.25) is 4.79 Å². The number of rotatable bonds is 4. The molecule has 2 rings (SSSR count). The Morgan fingerprint density at radius 2 is 2.00 bits per heavy atom. The molecule has 0 radical (unpaired) electrons. The van der Waals surface area contributed by atoms with Crippen molar-refractivity contribution < 1.29 is 13.6 Å². The predicted octanol–water partition coefficient (Wildman–Crippen LogP) is 2.95.